The predicted molar refractivity (Wildman–Crippen MR) is 124 cm³/mol. The van der Waals surface area contributed by atoms with E-state index in [1.807, 2.05) is 17.0 Å². The van der Waals surface area contributed by atoms with E-state index in [4.69, 9.17) is 29.3 Å². The van der Waals surface area contributed by atoms with Gasteiger partial charge in [0.25, 0.3) is 5.91 Å². The van der Waals surface area contributed by atoms with Gasteiger partial charge >= 0.3 is 11.9 Å². The number of nitrogens with one attached hydrogen (secondary N) is 1. The minimum absolute atomic E-state index is 0.0407. The third kappa shape index (κ3) is 5.65. The fourth-order valence-corrected chi connectivity index (χ4v) is 3.83. The van der Waals surface area contributed by atoms with E-state index < -0.39 is 11.9 Å². The van der Waals surface area contributed by atoms with Gasteiger partial charge in [-0.1, -0.05) is 24.3 Å². The van der Waals surface area contributed by atoms with Crippen molar-refractivity contribution in [3.8, 4) is 11.5 Å². The first kappa shape index (κ1) is 24.6. The van der Waals surface area contributed by atoms with E-state index in [9.17, 15) is 4.79 Å². The van der Waals surface area contributed by atoms with Crippen molar-refractivity contribution in [2.75, 3.05) is 40.4 Å². The molecule has 0 saturated carbocycles. The third-order valence-corrected chi connectivity index (χ3v) is 5.55. The van der Waals surface area contributed by atoms with Crippen LogP contribution in [0.1, 0.15) is 15.9 Å². The Hall–Kier alpha value is -4.05. The van der Waals surface area contributed by atoms with Gasteiger partial charge in [0.15, 0.2) is 0 Å². The van der Waals surface area contributed by atoms with Gasteiger partial charge in [-0.25, -0.2) is 9.59 Å². The molecule has 10 heteroatoms. The molecule has 1 saturated heterocycles. The van der Waals surface area contributed by atoms with E-state index in [1.54, 1.807) is 26.4 Å². The Bertz CT molecular complexity index is 1130. The summed E-state index contributed by atoms with van der Waals surface area (Å²) in [6.07, 6.45) is 2.09. The largest absolute Gasteiger partial charge is 0.496 e. The van der Waals surface area contributed by atoms with Gasteiger partial charge < -0.3 is 29.6 Å². The van der Waals surface area contributed by atoms with Gasteiger partial charge in [0.1, 0.15) is 17.1 Å². The Morgan fingerprint density at radius 1 is 0.882 bits per heavy atom. The lowest BCUT2D eigenvalue weighted by atomic mass is 10.1. The van der Waals surface area contributed by atoms with E-state index in [2.05, 4.69) is 34.3 Å². The van der Waals surface area contributed by atoms with Crippen molar-refractivity contribution in [1.82, 2.24) is 14.8 Å². The zero-order valence-electron chi connectivity index (χ0n) is 19.0. The van der Waals surface area contributed by atoms with Crippen LogP contribution in [0, 0.1) is 0 Å². The van der Waals surface area contributed by atoms with E-state index in [-0.39, 0.29) is 5.91 Å². The summed E-state index contributed by atoms with van der Waals surface area (Å²) in [5.74, 6) is -2.60. The number of fused-ring (bicyclic) bond motifs is 1. The van der Waals surface area contributed by atoms with Gasteiger partial charge in [-0.2, -0.15) is 0 Å². The van der Waals surface area contributed by atoms with Crippen molar-refractivity contribution >= 4 is 28.7 Å². The predicted octanol–water partition coefficient (Wildman–Crippen LogP) is 2.30. The number of benzene rings is 2. The average Bonchev–Trinajstić information content (AvgIpc) is 3.26. The van der Waals surface area contributed by atoms with Crippen molar-refractivity contribution in [2.45, 2.75) is 6.54 Å². The van der Waals surface area contributed by atoms with Crippen LogP contribution in [0.2, 0.25) is 0 Å². The molecule has 1 aromatic heterocycles. The van der Waals surface area contributed by atoms with Crippen LogP contribution < -0.4 is 9.47 Å². The van der Waals surface area contributed by atoms with E-state index >= 15 is 0 Å². The number of methoxy groups -OCH3 is 2. The number of hydrogen-bond donors (Lipinski definition) is 3. The first-order valence-corrected chi connectivity index (χ1v) is 10.6. The molecule has 0 bridgehead atoms. The number of aliphatic carboxylic acids is 2. The Morgan fingerprint density at radius 2 is 1.47 bits per heavy atom. The monoisotopic (exact) mass is 469 g/mol. The number of aromatic amines is 1. The fourth-order valence-electron chi connectivity index (χ4n) is 3.83. The number of nitrogens with zero attached hydrogens (tertiary/aromatic N) is 2. The van der Waals surface area contributed by atoms with Crippen molar-refractivity contribution in [2.24, 2.45) is 0 Å². The second-order valence-electron chi connectivity index (χ2n) is 7.58. The molecule has 3 aromatic rings. The molecule has 4 rings (SSSR count). The highest BCUT2D eigenvalue weighted by Crippen LogP contribution is 2.30. The number of H-pyrrole nitrogens is 1. The van der Waals surface area contributed by atoms with Gasteiger partial charge in [0.2, 0.25) is 0 Å². The minimum Gasteiger partial charge on any atom is -0.496 e. The maximum Gasteiger partial charge on any atom is 0.414 e. The summed E-state index contributed by atoms with van der Waals surface area (Å²) in [5, 5.41) is 16.0. The summed E-state index contributed by atoms with van der Waals surface area (Å²) in [6, 6.07) is 13.8. The maximum atomic E-state index is 13.1. The molecule has 1 fully saturated rings. The lowest BCUT2D eigenvalue weighted by Gasteiger charge is -2.35. The normalized spacial score (nSPS) is 13.6. The summed E-state index contributed by atoms with van der Waals surface area (Å²) in [5.41, 5.74) is 2.95. The molecule has 1 aliphatic heterocycles. The van der Waals surface area contributed by atoms with Gasteiger partial charge in [0, 0.05) is 49.8 Å². The number of carboxylic acids is 2. The van der Waals surface area contributed by atoms with Gasteiger partial charge in [-0.15, -0.1) is 0 Å². The molecule has 0 unspecified atom stereocenters. The Balaban J connectivity index is 0.000000481. The number of carboxylic acid groups (broad SMARTS) is 2. The molecule has 3 N–H and O–H groups in total. The van der Waals surface area contributed by atoms with Crippen LogP contribution in [0.5, 0.6) is 11.5 Å². The lowest BCUT2D eigenvalue weighted by molar-refractivity contribution is -0.159. The van der Waals surface area contributed by atoms with Gasteiger partial charge in [-0.3, -0.25) is 9.69 Å². The van der Waals surface area contributed by atoms with E-state index in [0.717, 1.165) is 25.2 Å². The van der Waals surface area contributed by atoms with E-state index in [0.29, 0.717) is 30.2 Å². The van der Waals surface area contributed by atoms with Crippen LogP contribution >= 0.6 is 0 Å². The quantitative estimate of drug-likeness (QED) is 0.485. The van der Waals surface area contributed by atoms with Gasteiger partial charge in [-0.05, 0) is 23.8 Å². The van der Waals surface area contributed by atoms with Gasteiger partial charge in [0.05, 0.1) is 14.2 Å². The van der Waals surface area contributed by atoms with Crippen molar-refractivity contribution < 1.29 is 34.1 Å². The third-order valence-electron chi connectivity index (χ3n) is 5.55. The first-order valence-electron chi connectivity index (χ1n) is 10.6. The Labute approximate surface area is 196 Å². The van der Waals surface area contributed by atoms with Crippen LogP contribution in [0.4, 0.5) is 0 Å². The van der Waals surface area contributed by atoms with Crippen molar-refractivity contribution in [1.29, 1.82) is 0 Å². The summed E-state index contributed by atoms with van der Waals surface area (Å²) in [6.45, 7) is 3.92. The van der Waals surface area contributed by atoms with E-state index in [1.165, 1.54) is 10.9 Å². The Kier molecular flexibility index (Phi) is 8.10. The van der Waals surface area contributed by atoms with Crippen LogP contribution in [0.15, 0.2) is 48.7 Å². The topological polar surface area (TPSA) is 132 Å². The van der Waals surface area contributed by atoms with Crippen LogP contribution in [-0.2, 0) is 16.1 Å². The molecule has 1 amide bonds. The van der Waals surface area contributed by atoms with Crippen LogP contribution in [-0.4, -0.2) is 83.2 Å². The molecule has 0 spiro atoms. The Morgan fingerprint density at radius 3 is 2.03 bits per heavy atom. The molecule has 180 valence electrons. The molecule has 2 heterocycles. The zero-order valence-corrected chi connectivity index (χ0v) is 19.0. The number of ether oxygens (including phenoxy) is 2. The highest BCUT2D eigenvalue weighted by atomic mass is 16.5. The average molecular weight is 469 g/mol. The van der Waals surface area contributed by atoms with Crippen molar-refractivity contribution in [3.63, 3.8) is 0 Å². The molecule has 0 aliphatic carbocycles. The number of amides is 1. The molecule has 0 radical (unpaired) electrons. The second kappa shape index (κ2) is 11.2. The smallest absolute Gasteiger partial charge is 0.414 e. The summed E-state index contributed by atoms with van der Waals surface area (Å²) < 4.78 is 10.8. The minimum atomic E-state index is -1.82. The number of rotatable bonds is 5. The number of para-hydroxylation sites is 1. The first-order chi connectivity index (χ1) is 16.3. The standard InChI is InChI=1S/C22H25N3O3.C2H2O4/c1-27-19-8-5-9-20(28-2)21(19)22(26)25-12-10-24(11-13-25)15-16-14-23-18-7-4-3-6-17(16)18;3-1(4)2(5)6/h3-9,14,23H,10-13,15H2,1-2H3;(H,3,4)(H,5,6). The summed E-state index contributed by atoms with van der Waals surface area (Å²) >= 11 is 0. The molecular formula is C24H27N3O7. The number of piperazine rings is 1. The number of carbonyl (C=O) groups is 3. The molecule has 2 aromatic carbocycles. The van der Waals surface area contributed by atoms with Crippen LogP contribution in [0.3, 0.4) is 0 Å². The fraction of sp³-hybridized carbons (Fsp3) is 0.292. The highest BCUT2D eigenvalue weighted by Gasteiger charge is 2.27. The molecule has 1 aliphatic rings. The number of hydrogen-bond acceptors (Lipinski definition) is 6. The lowest BCUT2D eigenvalue weighted by Crippen LogP contribution is -2.48. The molecule has 0 atom stereocenters. The zero-order chi connectivity index (χ0) is 24.7. The van der Waals surface area contributed by atoms with Crippen molar-refractivity contribution in [3.05, 3.63) is 59.8 Å². The summed E-state index contributed by atoms with van der Waals surface area (Å²) in [4.78, 5) is 38.9. The SMILES string of the molecule is COc1cccc(OC)c1C(=O)N1CCN(Cc2c[nH]c3ccccc23)CC1.O=C(O)C(=O)O. The summed E-state index contributed by atoms with van der Waals surface area (Å²) in [7, 11) is 3.15. The molecule has 34 heavy (non-hydrogen) atoms. The number of carbonyl (C=O) groups excluding carboxylic acids is 1. The number of aromatic nitrogens is 1. The maximum absolute atomic E-state index is 13.1. The second-order valence-corrected chi connectivity index (χ2v) is 7.58. The highest BCUT2D eigenvalue weighted by molar-refractivity contribution is 6.27. The molecular weight excluding hydrogens is 442 g/mol. The molecule has 10 nitrogen and oxygen atoms in total. The van der Waals surface area contributed by atoms with Crippen LogP contribution in [0.25, 0.3) is 10.9 Å².